The van der Waals surface area contributed by atoms with E-state index in [-0.39, 0.29) is 18.4 Å². The van der Waals surface area contributed by atoms with Crippen LogP contribution in [0.3, 0.4) is 0 Å². The summed E-state index contributed by atoms with van der Waals surface area (Å²) in [7, 11) is 0. The van der Waals surface area contributed by atoms with Crippen LogP contribution in [0, 0.1) is 6.92 Å². The molecule has 0 spiro atoms. The minimum absolute atomic E-state index is 0.0932. The summed E-state index contributed by atoms with van der Waals surface area (Å²) < 4.78 is 11.1. The maximum Gasteiger partial charge on any atom is 0.257 e. The van der Waals surface area contributed by atoms with Gasteiger partial charge in [0.25, 0.3) is 11.8 Å². The Bertz CT molecular complexity index is 632. The van der Waals surface area contributed by atoms with E-state index in [1.165, 1.54) is 12.5 Å². The first-order valence-electron chi connectivity index (χ1n) is 8.08. The summed E-state index contributed by atoms with van der Waals surface area (Å²) >= 11 is 0. The van der Waals surface area contributed by atoms with Crippen LogP contribution in [0.25, 0.3) is 0 Å². The molecule has 0 saturated carbocycles. The van der Waals surface area contributed by atoms with Crippen LogP contribution in [0.5, 0.6) is 0 Å². The van der Waals surface area contributed by atoms with E-state index in [1.807, 2.05) is 0 Å². The monoisotopic (exact) mass is 334 g/mol. The second-order valence-electron chi connectivity index (χ2n) is 6.23. The lowest BCUT2D eigenvalue weighted by molar-refractivity contribution is -0.168. The molecule has 130 valence electrons. The molecule has 1 aromatic rings. The molecule has 0 radical (unpaired) electrons. The first-order chi connectivity index (χ1) is 11.5. The Morgan fingerprint density at radius 2 is 1.88 bits per heavy atom. The third kappa shape index (κ3) is 3.25. The van der Waals surface area contributed by atoms with Gasteiger partial charge in [0.15, 0.2) is 5.60 Å². The second-order valence-corrected chi connectivity index (χ2v) is 6.23. The van der Waals surface area contributed by atoms with E-state index < -0.39 is 5.60 Å². The zero-order valence-electron chi connectivity index (χ0n) is 14.0. The number of morpholine rings is 2. The fourth-order valence-corrected chi connectivity index (χ4v) is 3.04. The molecule has 1 aromatic heterocycles. The predicted octanol–water partition coefficient (Wildman–Crippen LogP) is -0.125. The fraction of sp³-hybridized carbons (Fsp3) is 0.625. The quantitative estimate of drug-likeness (QED) is 0.749. The van der Waals surface area contributed by atoms with Crippen molar-refractivity contribution in [2.75, 3.05) is 46.0 Å². The smallest absolute Gasteiger partial charge is 0.257 e. The van der Waals surface area contributed by atoms with E-state index in [0.717, 1.165) is 0 Å². The predicted molar refractivity (Wildman–Crippen MR) is 84.4 cm³/mol. The highest BCUT2D eigenvalue weighted by Gasteiger charge is 2.43. The molecule has 3 heterocycles. The van der Waals surface area contributed by atoms with Crippen LogP contribution in [0.4, 0.5) is 0 Å². The van der Waals surface area contributed by atoms with Crippen molar-refractivity contribution in [3.8, 4) is 0 Å². The highest BCUT2D eigenvalue weighted by atomic mass is 16.5. The number of hydrogen-bond acceptors (Lipinski definition) is 6. The Morgan fingerprint density at radius 3 is 2.58 bits per heavy atom. The van der Waals surface area contributed by atoms with Gasteiger partial charge in [-0.05, 0) is 13.8 Å². The lowest BCUT2D eigenvalue weighted by Crippen LogP contribution is -2.61. The third-order valence-electron chi connectivity index (χ3n) is 4.45. The number of hydrogen-bond donors (Lipinski definition) is 0. The minimum atomic E-state index is -1.03. The zero-order valence-corrected chi connectivity index (χ0v) is 14.0. The van der Waals surface area contributed by atoms with Gasteiger partial charge in [0.1, 0.15) is 6.33 Å². The molecule has 2 aliphatic heterocycles. The van der Waals surface area contributed by atoms with Crippen LogP contribution < -0.4 is 0 Å². The number of aryl methyl sites for hydroxylation is 1. The van der Waals surface area contributed by atoms with Crippen LogP contribution >= 0.6 is 0 Å². The Labute approximate surface area is 140 Å². The summed E-state index contributed by atoms with van der Waals surface area (Å²) in [6, 6.07) is 0. The van der Waals surface area contributed by atoms with Gasteiger partial charge in [-0.3, -0.25) is 9.59 Å². The van der Waals surface area contributed by atoms with E-state index in [0.29, 0.717) is 50.7 Å². The number of carbonyl (C=O) groups excluding carboxylic acids is 2. The molecule has 0 unspecified atom stereocenters. The van der Waals surface area contributed by atoms with Gasteiger partial charge in [0, 0.05) is 25.8 Å². The molecule has 2 fully saturated rings. The standard InChI is InChI=1S/C16H22N4O4/c1-12-13(9-17-11-18-12)14(21)20-5-8-24-16(2,10-20)15(22)19-3-6-23-7-4-19/h9,11H,3-8,10H2,1-2H3/t16-/m1/s1. The van der Waals surface area contributed by atoms with Crippen LogP contribution in [0.15, 0.2) is 12.5 Å². The van der Waals surface area contributed by atoms with E-state index >= 15 is 0 Å². The van der Waals surface area contributed by atoms with Crippen LogP contribution in [0.2, 0.25) is 0 Å². The van der Waals surface area contributed by atoms with Crippen molar-refractivity contribution in [3.63, 3.8) is 0 Å². The van der Waals surface area contributed by atoms with Crippen molar-refractivity contribution in [1.29, 1.82) is 0 Å². The molecule has 2 aliphatic rings. The highest BCUT2D eigenvalue weighted by molar-refractivity contribution is 5.96. The summed E-state index contributed by atoms with van der Waals surface area (Å²) in [5.74, 6) is -0.262. The maximum atomic E-state index is 12.8. The van der Waals surface area contributed by atoms with Gasteiger partial charge in [-0.15, -0.1) is 0 Å². The first kappa shape index (κ1) is 16.8. The van der Waals surface area contributed by atoms with Gasteiger partial charge in [-0.1, -0.05) is 0 Å². The number of aromatic nitrogens is 2. The summed E-state index contributed by atoms with van der Waals surface area (Å²) in [6.07, 6.45) is 2.93. The molecule has 2 saturated heterocycles. The molecular weight excluding hydrogens is 312 g/mol. The van der Waals surface area contributed by atoms with Crippen molar-refractivity contribution >= 4 is 11.8 Å². The molecule has 3 rings (SSSR count). The van der Waals surface area contributed by atoms with E-state index in [1.54, 1.807) is 23.6 Å². The number of nitrogens with zero attached hydrogens (tertiary/aromatic N) is 4. The minimum Gasteiger partial charge on any atom is -0.378 e. The van der Waals surface area contributed by atoms with Gasteiger partial charge >= 0.3 is 0 Å². The van der Waals surface area contributed by atoms with Crippen molar-refractivity contribution < 1.29 is 19.1 Å². The average Bonchev–Trinajstić information content (AvgIpc) is 2.62. The van der Waals surface area contributed by atoms with Gasteiger partial charge in [0.2, 0.25) is 0 Å². The van der Waals surface area contributed by atoms with Gasteiger partial charge in [-0.25, -0.2) is 9.97 Å². The molecule has 1 atom stereocenters. The molecular formula is C16H22N4O4. The molecule has 24 heavy (non-hydrogen) atoms. The molecule has 2 amide bonds. The largest absolute Gasteiger partial charge is 0.378 e. The summed E-state index contributed by atoms with van der Waals surface area (Å²) in [5, 5.41) is 0. The summed E-state index contributed by atoms with van der Waals surface area (Å²) in [5.41, 5.74) is 0.0534. The maximum absolute atomic E-state index is 12.8. The average molecular weight is 334 g/mol. The topological polar surface area (TPSA) is 84.9 Å². The van der Waals surface area contributed by atoms with Crippen LogP contribution in [-0.4, -0.2) is 83.2 Å². The molecule has 0 bridgehead atoms. The molecule has 0 aliphatic carbocycles. The summed E-state index contributed by atoms with van der Waals surface area (Å²) in [4.78, 5) is 37.0. The fourth-order valence-electron chi connectivity index (χ4n) is 3.04. The summed E-state index contributed by atoms with van der Waals surface area (Å²) in [6.45, 7) is 6.68. The van der Waals surface area contributed by atoms with Gasteiger partial charge in [0.05, 0.1) is 37.6 Å². The van der Waals surface area contributed by atoms with Crippen molar-refractivity contribution in [2.45, 2.75) is 19.4 Å². The first-order valence-corrected chi connectivity index (χ1v) is 8.08. The van der Waals surface area contributed by atoms with E-state index in [4.69, 9.17) is 9.47 Å². The Balaban J connectivity index is 1.74. The Morgan fingerprint density at radius 1 is 1.17 bits per heavy atom. The van der Waals surface area contributed by atoms with Crippen molar-refractivity contribution in [2.24, 2.45) is 0 Å². The second kappa shape index (κ2) is 6.82. The molecule has 8 heteroatoms. The Hall–Kier alpha value is -2.06. The molecule has 0 aromatic carbocycles. The lowest BCUT2D eigenvalue weighted by atomic mass is 10.0. The Kier molecular flexibility index (Phi) is 4.77. The van der Waals surface area contributed by atoms with Crippen molar-refractivity contribution in [1.82, 2.24) is 19.8 Å². The SMILES string of the molecule is Cc1ncncc1C(=O)N1CCO[C@@](C)(C(=O)N2CCOCC2)C1. The number of amides is 2. The van der Waals surface area contributed by atoms with Crippen LogP contribution in [-0.2, 0) is 14.3 Å². The normalized spacial score (nSPS) is 24.8. The molecule has 8 nitrogen and oxygen atoms in total. The van der Waals surface area contributed by atoms with Crippen molar-refractivity contribution in [3.05, 3.63) is 23.8 Å². The van der Waals surface area contributed by atoms with Gasteiger partial charge in [-0.2, -0.15) is 0 Å². The number of rotatable bonds is 2. The highest BCUT2D eigenvalue weighted by Crippen LogP contribution is 2.23. The lowest BCUT2D eigenvalue weighted by Gasteiger charge is -2.42. The number of carbonyl (C=O) groups is 2. The van der Waals surface area contributed by atoms with Crippen LogP contribution in [0.1, 0.15) is 23.0 Å². The number of ether oxygens (including phenoxy) is 2. The molecule has 0 N–H and O–H groups in total. The van der Waals surface area contributed by atoms with Gasteiger partial charge < -0.3 is 19.3 Å². The third-order valence-corrected chi connectivity index (χ3v) is 4.45. The van der Waals surface area contributed by atoms with E-state index in [2.05, 4.69) is 9.97 Å². The van der Waals surface area contributed by atoms with E-state index in [9.17, 15) is 9.59 Å². The zero-order chi connectivity index (χ0) is 17.2.